The lowest BCUT2D eigenvalue weighted by atomic mass is 9.74. The molecule has 0 bridgehead atoms. The summed E-state index contributed by atoms with van der Waals surface area (Å²) in [6, 6.07) is 0. The summed E-state index contributed by atoms with van der Waals surface area (Å²) in [6.07, 6.45) is 3.82. The van der Waals surface area contributed by atoms with Gasteiger partial charge in [-0.05, 0) is 62.4 Å². The largest absolute Gasteiger partial charge is 0.480 e. The molecular formula is C20H30BrN3O6. The Kier molecular flexibility index (Phi) is 6.50. The van der Waals surface area contributed by atoms with Crippen molar-refractivity contribution in [3.8, 4) is 0 Å². The van der Waals surface area contributed by atoms with Crippen LogP contribution in [0.3, 0.4) is 0 Å². The Morgan fingerprint density at radius 2 is 1.97 bits per heavy atom. The van der Waals surface area contributed by atoms with Crippen LogP contribution in [-0.2, 0) is 31.7 Å². The third-order valence-electron chi connectivity index (χ3n) is 5.60. The van der Waals surface area contributed by atoms with Crippen LogP contribution in [-0.4, -0.2) is 69.1 Å². The maximum atomic E-state index is 12.6. The Morgan fingerprint density at radius 1 is 1.30 bits per heavy atom. The van der Waals surface area contributed by atoms with E-state index in [0.29, 0.717) is 55.8 Å². The van der Waals surface area contributed by atoms with Crippen LogP contribution in [0, 0.1) is 0 Å². The highest BCUT2D eigenvalue weighted by Crippen LogP contribution is 2.46. The van der Waals surface area contributed by atoms with E-state index in [9.17, 15) is 9.59 Å². The van der Waals surface area contributed by atoms with Gasteiger partial charge in [-0.2, -0.15) is 0 Å². The van der Waals surface area contributed by atoms with E-state index in [1.165, 1.54) is 0 Å². The molecule has 10 heteroatoms. The SMILES string of the molecule is Cn1cc(Br)nc1C1(OCC(=O)O)CCC2(CC1)CN(C(=O)OC(C)(C)C)CCO2. The van der Waals surface area contributed by atoms with E-state index >= 15 is 0 Å². The molecule has 1 aromatic rings. The molecule has 1 aliphatic heterocycles. The van der Waals surface area contributed by atoms with Crippen molar-refractivity contribution >= 4 is 28.0 Å². The summed E-state index contributed by atoms with van der Waals surface area (Å²) in [7, 11) is 1.87. The molecule has 1 spiro atoms. The van der Waals surface area contributed by atoms with Crippen molar-refractivity contribution in [3.63, 3.8) is 0 Å². The quantitative estimate of drug-likeness (QED) is 0.695. The van der Waals surface area contributed by atoms with E-state index in [2.05, 4.69) is 20.9 Å². The number of nitrogens with zero attached hydrogens (tertiary/aromatic N) is 3. The number of carboxylic acids is 1. The minimum absolute atomic E-state index is 0.336. The first-order valence-corrected chi connectivity index (χ1v) is 10.9. The van der Waals surface area contributed by atoms with Crippen LogP contribution in [0.5, 0.6) is 0 Å². The Labute approximate surface area is 184 Å². The summed E-state index contributed by atoms with van der Waals surface area (Å²) in [5, 5.41) is 9.17. The third-order valence-corrected chi connectivity index (χ3v) is 5.98. The van der Waals surface area contributed by atoms with Gasteiger partial charge in [-0.1, -0.05) is 0 Å². The lowest BCUT2D eigenvalue weighted by Gasteiger charge is -2.49. The lowest BCUT2D eigenvalue weighted by Crippen LogP contribution is -2.57. The molecule has 1 saturated heterocycles. The molecule has 1 aliphatic carbocycles. The molecule has 0 atom stereocenters. The number of halogens is 1. The fourth-order valence-corrected chi connectivity index (χ4v) is 4.70. The van der Waals surface area contributed by atoms with Crippen molar-refractivity contribution in [2.24, 2.45) is 7.05 Å². The monoisotopic (exact) mass is 487 g/mol. The first-order chi connectivity index (χ1) is 13.9. The van der Waals surface area contributed by atoms with Gasteiger partial charge in [0.25, 0.3) is 0 Å². The van der Waals surface area contributed by atoms with Gasteiger partial charge < -0.3 is 28.8 Å². The second-order valence-corrected chi connectivity index (χ2v) is 9.92. The van der Waals surface area contributed by atoms with Gasteiger partial charge in [0, 0.05) is 19.8 Å². The maximum Gasteiger partial charge on any atom is 0.410 e. The predicted molar refractivity (Wildman–Crippen MR) is 111 cm³/mol. The molecule has 1 aromatic heterocycles. The number of rotatable bonds is 4. The normalized spacial score (nSPS) is 27.3. The number of morpholine rings is 1. The molecule has 2 heterocycles. The van der Waals surface area contributed by atoms with Gasteiger partial charge >= 0.3 is 12.1 Å². The van der Waals surface area contributed by atoms with E-state index in [1.54, 1.807) is 4.90 Å². The van der Waals surface area contributed by atoms with Crippen molar-refractivity contribution in [3.05, 3.63) is 16.6 Å². The Balaban J connectivity index is 1.76. The average Bonchev–Trinajstić information content (AvgIpc) is 2.99. The Bertz CT molecular complexity index is 795. The summed E-state index contributed by atoms with van der Waals surface area (Å²) in [5.41, 5.74) is -1.86. The number of carboxylic acid groups (broad SMARTS) is 1. The van der Waals surface area contributed by atoms with Crippen LogP contribution in [0.25, 0.3) is 0 Å². The highest BCUT2D eigenvalue weighted by molar-refractivity contribution is 9.10. The van der Waals surface area contributed by atoms with Crippen LogP contribution < -0.4 is 0 Å². The number of hydrogen-bond acceptors (Lipinski definition) is 6. The molecule has 2 aliphatic rings. The van der Waals surface area contributed by atoms with Gasteiger partial charge in [0.15, 0.2) is 0 Å². The van der Waals surface area contributed by atoms with Crippen LogP contribution in [0.4, 0.5) is 4.79 Å². The molecule has 30 heavy (non-hydrogen) atoms. The predicted octanol–water partition coefficient (Wildman–Crippen LogP) is 3.06. The third kappa shape index (κ3) is 5.15. The molecule has 0 radical (unpaired) electrons. The fourth-order valence-electron chi connectivity index (χ4n) is 4.22. The minimum Gasteiger partial charge on any atom is -0.480 e. The Morgan fingerprint density at radius 3 is 2.50 bits per heavy atom. The van der Waals surface area contributed by atoms with Gasteiger partial charge in [-0.25, -0.2) is 14.6 Å². The molecule has 2 fully saturated rings. The number of hydrogen-bond donors (Lipinski definition) is 1. The average molecular weight is 488 g/mol. The van der Waals surface area contributed by atoms with Crippen molar-refractivity contribution in [2.45, 2.75) is 63.3 Å². The van der Waals surface area contributed by atoms with Gasteiger partial charge in [0.2, 0.25) is 0 Å². The molecular weight excluding hydrogens is 458 g/mol. The molecule has 1 amide bonds. The molecule has 0 unspecified atom stereocenters. The molecule has 3 rings (SSSR count). The van der Waals surface area contributed by atoms with Crippen molar-refractivity contribution in [1.29, 1.82) is 0 Å². The zero-order valence-electron chi connectivity index (χ0n) is 17.9. The number of ether oxygens (including phenoxy) is 3. The lowest BCUT2D eigenvalue weighted by molar-refractivity contribution is -0.179. The maximum absolute atomic E-state index is 12.6. The van der Waals surface area contributed by atoms with Crippen LogP contribution >= 0.6 is 15.9 Å². The zero-order chi connectivity index (χ0) is 22.2. The molecule has 0 aromatic carbocycles. The zero-order valence-corrected chi connectivity index (χ0v) is 19.5. The van der Waals surface area contributed by atoms with Crippen molar-refractivity contribution < 1.29 is 28.9 Å². The number of carbonyl (C=O) groups excluding carboxylic acids is 1. The highest BCUT2D eigenvalue weighted by Gasteiger charge is 2.50. The van der Waals surface area contributed by atoms with Crippen molar-refractivity contribution in [1.82, 2.24) is 14.5 Å². The Hall–Kier alpha value is -1.65. The van der Waals surface area contributed by atoms with Gasteiger partial charge in [-0.3, -0.25) is 0 Å². The number of imidazole rings is 1. The van der Waals surface area contributed by atoms with E-state index in [1.807, 2.05) is 38.6 Å². The minimum atomic E-state index is -1.02. The fraction of sp³-hybridized carbons (Fsp3) is 0.750. The number of aromatic nitrogens is 2. The standard InChI is InChI=1S/C20H30BrN3O6/c1-18(2,3)30-17(27)24-9-10-28-19(13-24)5-7-20(8-6-19,29-12-15(25)26)16-22-14(21)11-23(16)4/h11H,5-10,12-13H2,1-4H3,(H,25,26). The van der Waals surface area contributed by atoms with E-state index < -0.39 is 29.4 Å². The first kappa shape index (κ1) is 23.0. The molecule has 1 saturated carbocycles. The van der Waals surface area contributed by atoms with Crippen molar-refractivity contribution in [2.75, 3.05) is 26.3 Å². The highest BCUT2D eigenvalue weighted by atomic mass is 79.9. The number of aliphatic carboxylic acids is 1. The smallest absolute Gasteiger partial charge is 0.410 e. The molecule has 168 valence electrons. The van der Waals surface area contributed by atoms with E-state index in [-0.39, 0.29) is 6.09 Å². The van der Waals surface area contributed by atoms with Crippen LogP contribution in [0.2, 0.25) is 0 Å². The van der Waals surface area contributed by atoms with Gasteiger partial charge in [0.1, 0.15) is 28.2 Å². The summed E-state index contributed by atoms with van der Waals surface area (Å²) in [4.78, 5) is 30.0. The first-order valence-electron chi connectivity index (χ1n) is 10.1. The summed E-state index contributed by atoms with van der Waals surface area (Å²) < 4.78 is 20.1. The number of carbonyl (C=O) groups is 2. The van der Waals surface area contributed by atoms with E-state index in [4.69, 9.17) is 19.3 Å². The number of aryl methyl sites for hydroxylation is 1. The summed E-state index contributed by atoms with van der Waals surface area (Å²) in [5.74, 6) is -0.335. The summed E-state index contributed by atoms with van der Waals surface area (Å²) >= 11 is 3.38. The number of amides is 1. The van der Waals surface area contributed by atoms with Crippen LogP contribution in [0.1, 0.15) is 52.3 Å². The van der Waals surface area contributed by atoms with Gasteiger partial charge in [0.05, 0.1) is 18.8 Å². The molecule has 1 N–H and O–H groups in total. The van der Waals surface area contributed by atoms with Crippen LogP contribution in [0.15, 0.2) is 10.8 Å². The molecule has 9 nitrogen and oxygen atoms in total. The van der Waals surface area contributed by atoms with Gasteiger partial charge in [-0.15, -0.1) is 0 Å². The topological polar surface area (TPSA) is 103 Å². The van der Waals surface area contributed by atoms with E-state index in [0.717, 1.165) is 0 Å². The summed E-state index contributed by atoms with van der Waals surface area (Å²) in [6.45, 7) is 6.52. The second-order valence-electron chi connectivity index (χ2n) is 9.11. The second kappa shape index (κ2) is 8.47.